The normalized spacial score (nSPS) is 13.1. The summed E-state index contributed by atoms with van der Waals surface area (Å²) in [7, 11) is 0. The van der Waals surface area contributed by atoms with Crippen molar-refractivity contribution >= 4 is 5.91 Å². The molecule has 0 bridgehead atoms. The van der Waals surface area contributed by atoms with Gasteiger partial charge in [-0.2, -0.15) is 0 Å². The zero-order valence-electron chi connectivity index (χ0n) is 10.8. The third-order valence-corrected chi connectivity index (χ3v) is 2.85. The van der Waals surface area contributed by atoms with Gasteiger partial charge in [-0.3, -0.25) is 4.79 Å². The predicted octanol–water partition coefficient (Wildman–Crippen LogP) is -0.878. The zero-order valence-corrected chi connectivity index (χ0v) is 10.8. The van der Waals surface area contributed by atoms with Crippen LogP contribution in [0, 0.1) is 0 Å². The first-order chi connectivity index (χ1) is 8.90. The third-order valence-electron chi connectivity index (χ3n) is 2.85. The summed E-state index contributed by atoms with van der Waals surface area (Å²) in [6, 6.07) is 5.61. The molecule has 1 atom stereocenters. The van der Waals surface area contributed by atoms with Gasteiger partial charge in [-0.05, 0) is 31.0 Å². The van der Waals surface area contributed by atoms with E-state index in [0.29, 0.717) is 6.42 Å². The number of hydrogen-bond acceptors (Lipinski definition) is 5. The van der Waals surface area contributed by atoms with Crippen LogP contribution >= 0.6 is 0 Å². The van der Waals surface area contributed by atoms with Gasteiger partial charge in [0.05, 0.1) is 24.8 Å². The predicted molar refractivity (Wildman–Crippen MR) is 70.5 cm³/mol. The maximum Gasteiger partial charge on any atom is 0.237 e. The second kappa shape index (κ2) is 6.51. The Hall–Kier alpha value is -1.63. The van der Waals surface area contributed by atoms with Crippen molar-refractivity contribution in [3.05, 3.63) is 29.8 Å². The van der Waals surface area contributed by atoms with Crippen molar-refractivity contribution in [3.63, 3.8) is 0 Å². The summed E-state index contributed by atoms with van der Waals surface area (Å²) in [5.74, 6) is -0.298. The van der Waals surface area contributed by atoms with Crippen molar-refractivity contribution in [2.45, 2.75) is 24.9 Å². The van der Waals surface area contributed by atoms with Gasteiger partial charge in [-0.25, -0.2) is 0 Å². The van der Waals surface area contributed by atoms with Crippen LogP contribution in [0.1, 0.15) is 12.5 Å². The zero-order chi connectivity index (χ0) is 14.5. The second-order valence-corrected chi connectivity index (χ2v) is 4.84. The first-order valence-electron chi connectivity index (χ1n) is 5.97. The van der Waals surface area contributed by atoms with E-state index >= 15 is 0 Å². The molecule has 0 saturated carbocycles. The van der Waals surface area contributed by atoms with Gasteiger partial charge in [0.15, 0.2) is 0 Å². The molecule has 1 amide bonds. The fraction of sp³-hybridized carbons (Fsp3) is 0.462. The Morgan fingerprint density at radius 2 is 1.84 bits per heavy atom. The monoisotopic (exact) mass is 268 g/mol. The molecule has 1 aromatic rings. The highest BCUT2D eigenvalue weighted by atomic mass is 16.3. The Labute approximate surface area is 111 Å². The lowest BCUT2D eigenvalue weighted by Crippen LogP contribution is -2.56. The molecule has 6 N–H and O–H groups in total. The van der Waals surface area contributed by atoms with Crippen LogP contribution in [-0.4, -0.2) is 46.0 Å². The highest BCUT2D eigenvalue weighted by molar-refractivity contribution is 5.82. The largest absolute Gasteiger partial charge is 0.508 e. The summed E-state index contributed by atoms with van der Waals surface area (Å²) in [6.07, 6.45) is 0.305. The Bertz CT molecular complexity index is 415. The molecule has 19 heavy (non-hydrogen) atoms. The number of aliphatic hydroxyl groups excluding tert-OH is 2. The van der Waals surface area contributed by atoms with Gasteiger partial charge in [0, 0.05) is 0 Å². The number of hydrogen-bond donors (Lipinski definition) is 5. The van der Waals surface area contributed by atoms with Crippen molar-refractivity contribution in [2.75, 3.05) is 13.2 Å². The molecule has 0 heterocycles. The minimum Gasteiger partial charge on any atom is -0.508 e. The quantitative estimate of drug-likeness (QED) is 0.459. The number of phenols is 1. The smallest absolute Gasteiger partial charge is 0.237 e. The van der Waals surface area contributed by atoms with Crippen LogP contribution in [0.5, 0.6) is 5.75 Å². The first kappa shape index (κ1) is 15.4. The topological polar surface area (TPSA) is 116 Å². The molecule has 0 aromatic heterocycles. The van der Waals surface area contributed by atoms with Gasteiger partial charge in [-0.15, -0.1) is 0 Å². The average molecular weight is 268 g/mol. The summed E-state index contributed by atoms with van der Waals surface area (Å²) < 4.78 is 0. The van der Waals surface area contributed by atoms with E-state index in [-0.39, 0.29) is 19.0 Å². The van der Waals surface area contributed by atoms with Gasteiger partial charge < -0.3 is 26.4 Å². The molecule has 0 spiro atoms. The molecule has 0 saturated heterocycles. The summed E-state index contributed by atoms with van der Waals surface area (Å²) in [6.45, 7) is 0.778. The van der Waals surface area contributed by atoms with Crippen LogP contribution in [0.4, 0.5) is 0 Å². The number of carbonyl (C=O) groups is 1. The molecule has 6 heteroatoms. The third kappa shape index (κ3) is 4.51. The van der Waals surface area contributed by atoms with E-state index < -0.39 is 17.5 Å². The van der Waals surface area contributed by atoms with Crippen LogP contribution in [-0.2, 0) is 11.2 Å². The number of amides is 1. The number of rotatable bonds is 6. The number of phenolic OH excluding ortho intramolecular Hbond substituents is 1. The molecule has 1 aromatic carbocycles. The van der Waals surface area contributed by atoms with Crippen molar-refractivity contribution in [3.8, 4) is 5.75 Å². The van der Waals surface area contributed by atoms with E-state index in [1.165, 1.54) is 19.1 Å². The maximum atomic E-state index is 11.8. The minimum absolute atomic E-state index is 0.148. The Kier molecular flexibility index (Phi) is 5.29. The lowest BCUT2D eigenvalue weighted by molar-refractivity contribution is -0.125. The lowest BCUT2D eigenvalue weighted by Gasteiger charge is -2.27. The molecule has 6 nitrogen and oxygen atoms in total. The second-order valence-electron chi connectivity index (χ2n) is 4.84. The van der Waals surface area contributed by atoms with E-state index in [9.17, 15) is 4.79 Å². The molecule has 0 aliphatic heterocycles. The van der Waals surface area contributed by atoms with Crippen molar-refractivity contribution in [2.24, 2.45) is 5.73 Å². The van der Waals surface area contributed by atoms with E-state index in [0.717, 1.165) is 5.56 Å². The molecule has 0 fully saturated rings. The fourth-order valence-electron chi connectivity index (χ4n) is 1.50. The fourth-order valence-corrected chi connectivity index (χ4v) is 1.50. The number of benzene rings is 1. The van der Waals surface area contributed by atoms with Crippen molar-refractivity contribution in [1.29, 1.82) is 0 Å². The number of nitrogens with two attached hydrogens (primary N) is 1. The summed E-state index contributed by atoms with van der Waals surface area (Å²) in [5.41, 5.74) is 5.50. The number of aromatic hydroxyl groups is 1. The number of carbonyl (C=O) groups excluding carboxylic acids is 1. The Balaban J connectivity index is 2.60. The minimum atomic E-state index is -1.08. The van der Waals surface area contributed by atoms with Crippen LogP contribution in [0.3, 0.4) is 0 Å². The first-order valence-corrected chi connectivity index (χ1v) is 5.97. The van der Waals surface area contributed by atoms with Gasteiger partial charge in [0.25, 0.3) is 0 Å². The highest BCUT2D eigenvalue weighted by Gasteiger charge is 2.27. The van der Waals surface area contributed by atoms with E-state index in [1.54, 1.807) is 12.1 Å². The SMILES string of the molecule is CC(CO)(CO)NC(=O)C(N)Cc1ccc(O)cc1. The average Bonchev–Trinajstić information content (AvgIpc) is 2.41. The number of nitrogens with one attached hydrogen (secondary N) is 1. The maximum absolute atomic E-state index is 11.8. The van der Waals surface area contributed by atoms with Crippen molar-refractivity contribution in [1.82, 2.24) is 5.32 Å². The standard InChI is InChI=1S/C13H20N2O4/c1-13(7-16,8-17)15-12(19)11(14)6-9-2-4-10(18)5-3-9/h2-5,11,16-18H,6-8,14H2,1H3,(H,15,19). The summed E-state index contributed by atoms with van der Waals surface area (Å²) in [5, 5.41) is 29.8. The number of aliphatic hydroxyl groups is 2. The van der Waals surface area contributed by atoms with E-state index in [1.807, 2.05) is 0 Å². The Morgan fingerprint density at radius 1 is 1.32 bits per heavy atom. The van der Waals surface area contributed by atoms with Crippen LogP contribution in [0.2, 0.25) is 0 Å². The van der Waals surface area contributed by atoms with Gasteiger partial charge in [-0.1, -0.05) is 12.1 Å². The lowest BCUT2D eigenvalue weighted by atomic mass is 10.0. The molecule has 0 aliphatic carbocycles. The summed E-state index contributed by atoms with van der Waals surface area (Å²) >= 11 is 0. The van der Waals surface area contributed by atoms with Gasteiger partial charge in [0.1, 0.15) is 5.75 Å². The summed E-state index contributed by atoms with van der Waals surface area (Å²) in [4.78, 5) is 11.8. The molecular formula is C13H20N2O4. The molecule has 0 radical (unpaired) electrons. The molecule has 0 aliphatic rings. The van der Waals surface area contributed by atoms with Crippen LogP contribution < -0.4 is 11.1 Å². The van der Waals surface area contributed by atoms with Crippen molar-refractivity contribution < 1.29 is 20.1 Å². The van der Waals surface area contributed by atoms with E-state index in [2.05, 4.69) is 5.32 Å². The highest BCUT2D eigenvalue weighted by Crippen LogP contribution is 2.11. The van der Waals surface area contributed by atoms with Gasteiger partial charge >= 0.3 is 0 Å². The van der Waals surface area contributed by atoms with Gasteiger partial charge in [0.2, 0.25) is 5.91 Å². The molecule has 106 valence electrons. The van der Waals surface area contributed by atoms with E-state index in [4.69, 9.17) is 21.1 Å². The molecule has 1 rings (SSSR count). The Morgan fingerprint density at radius 3 is 2.32 bits per heavy atom. The molecular weight excluding hydrogens is 248 g/mol. The van der Waals surface area contributed by atoms with Crippen LogP contribution in [0.15, 0.2) is 24.3 Å². The molecule has 1 unspecified atom stereocenters. The van der Waals surface area contributed by atoms with Crippen LogP contribution in [0.25, 0.3) is 0 Å².